The van der Waals surface area contributed by atoms with Gasteiger partial charge in [0, 0.05) is 6.42 Å². The molecule has 0 heterocycles. The number of hydrogen-bond donors (Lipinski definition) is 1. The normalized spacial score (nSPS) is 12.1. The SMILES string of the molecule is CCCCCCCCCCCCCCCCC(NC(=O)CCCCCCCCCCCCC)C(C)=O. The van der Waals surface area contributed by atoms with Crippen LogP contribution in [0.3, 0.4) is 0 Å². The molecule has 1 amide bonds. The molecule has 0 aromatic heterocycles. The number of carbonyl (C=O) groups excluding carboxylic acids is 2. The van der Waals surface area contributed by atoms with Gasteiger partial charge in [0.05, 0.1) is 6.04 Å². The van der Waals surface area contributed by atoms with Crippen LogP contribution in [0.4, 0.5) is 0 Å². The minimum Gasteiger partial charge on any atom is -0.346 e. The molecule has 0 saturated heterocycles. The highest BCUT2D eigenvalue weighted by Crippen LogP contribution is 2.15. The molecule has 1 N–H and O–H groups in total. The van der Waals surface area contributed by atoms with Crippen LogP contribution in [0.2, 0.25) is 0 Å². The zero-order valence-corrected chi connectivity index (χ0v) is 25.0. The third kappa shape index (κ3) is 26.2. The van der Waals surface area contributed by atoms with Gasteiger partial charge in [-0.05, 0) is 19.8 Å². The summed E-state index contributed by atoms with van der Waals surface area (Å²) in [6.45, 7) is 6.17. The Hall–Kier alpha value is -0.860. The number of carbonyl (C=O) groups is 2. The van der Waals surface area contributed by atoms with Crippen LogP contribution < -0.4 is 5.32 Å². The van der Waals surface area contributed by atoms with E-state index in [4.69, 9.17) is 0 Å². The molecule has 0 aliphatic carbocycles. The number of rotatable bonds is 29. The first-order valence-corrected chi connectivity index (χ1v) is 16.4. The Balaban J connectivity index is 3.56. The van der Waals surface area contributed by atoms with Crippen molar-refractivity contribution in [1.82, 2.24) is 5.32 Å². The van der Waals surface area contributed by atoms with Crippen LogP contribution >= 0.6 is 0 Å². The second kappa shape index (κ2) is 28.7. The molecule has 0 aliphatic heterocycles. The van der Waals surface area contributed by atoms with Crippen molar-refractivity contribution in [3.63, 3.8) is 0 Å². The van der Waals surface area contributed by atoms with E-state index in [0.717, 1.165) is 25.7 Å². The first kappa shape index (κ1) is 35.1. The van der Waals surface area contributed by atoms with Crippen LogP contribution in [0.15, 0.2) is 0 Å². The van der Waals surface area contributed by atoms with Gasteiger partial charge >= 0.3 is 0 Å². The fraction of sp³-hybridized carbons (Fsp3) is 0.939. The highest BCUT2D eigenvalue weighted by Gasteiger charge is 2.16. The lowest BCUT2D eigenvalue weighted by atomic mass is 10.0. The fourth-order valence-electron chi connectivity index (χ4n) is 5.14. The Morgan fingerprint density at radius 3 is 1.11 bits per heavy atom. The minimum atomic E-state index is -0.275. The van der Waals surface area contributed by atoms with Crippen molar-refractivity contribution < 1.29 is 9.59 Å². The molecule has 0 aromatic carbocycles. The molecule has 0 fully saturated rings. The van der Waals surface area contributed by atoms with Crippen LogP contribution in [0, 0.1) is 0 Å². The summed E-state index contributed by atoms with van der Waals surface area (Å²) in [7, 11) is 0. The average Bonchev–Trinajstić information content (AvgIpc) is 2.86. The molecule has 0 bridgehead atoms. The number of nitrogens with one attached hydrogen (secondary N) is 1. The number of Topliss-reactive ketones (excluding diaryl/α,β-unsaturated/α-hetero) is 1. The molecule has 0 spiro atoms. The Kier molecular flexibility index (Phi) is 28.0. The molecule has 214 valence electrons. The first-order chi connectivity index (χ1) is 17.6. The van der Waals surface area contributed by atoms with E-state index in [1.165, 1.54) is 141 Å². The molecule has 1 atom stereocenters. The molecule has 0 rings (SSSR count). The lowest BCUT2D eigenvalue weighted by Crippen LogP contribution is -2.39. The summed E-state index contributed by atoms with van der Waals surface area (Å²) < 4.78 is 0. The Morgan fingerprint density at radius 2 is 0.778 bits per heavy atom. The van der Waals surface area contributed by atoms with Crippen molar-refractivity contribution in [2.75, 3.05) is 0 Å². The third-order valence-electron chi connectivity index (χ3n) is 7.68. The van der Waals surface area contributed by atoms with Gasteiger partial charge in [-0.1, -0.05) is 168 Å². The molecule has 0 aromatic rings. The molecule has 3 nitrogen and oxygen atoms in total. The Morgan fingerprint density at radius 1 is 0.472 bits per heavy atom. The van der Waals surface area contributed by atoms with Crippen LogP contribution in [0.1, 0.15) is 194 Å². The highest BCUT2D eigenvalue weighted by atomic mass is 16.2. The molecular formula is C33H65NO2. The van der Waals surface area contributed by atoms with Crippen LogP contribution in [-0.4, -0.2) is 17.7 Å². The van der Waals surface area contributed by atoms with Crippen molar-refractivity contribution in [3.8, 4) is 0 Å². The summed E-state index contributed by atoms with van der Waals surface area (Å²) >= 11 is 0. The quantitative estimate of drug-likeness (QED) is 0.102. The second-order valence-electron chi connectivity index (χ2n) is 11.4. The predicted molar refractivity (Wildman–Crippen MR) is 159 cm³/mol. The second-order valence-corrected chi connectivity index (χ2v) is 11.4. The van der Waals surface area contributed by atoms with E-state index in [2.05, 4.69) is 19.2 Å². The summed E-state index contributed by atoms with van der Waals surface area (Å²) in [5.41, 5.74) is 0. The summed E-state index contributed by atoms with van der Waals surface area (Å²) in [5.74, 6) is 0.175. The first-order valence-electron chi connectivity index (χ1n) is 16.4. The van der Waals surface area contributed by atoms with Gasteiger partial charge in [-0.2, -0.15) is 0 Å². The number of ketones is 1. The van der Waals surface area contributed by atoms with Gasteiger partial charge in [0.2, 0.25) is 5.91 Å². The largest absolute Gasteiger partial charge is 0.346 e. The minimum absolute atomic E-state index is 0.0662. The maximum atomic E-state index is 12.3. The van der Waals surface area contributed by atoms with Gasteiger partial charge in [-0.25, -0.2) is 0 Å². The monoisotopic (exact) mass is 508 g/mol. The van der Waals surface area contributed by atoms with Gasteiger partial charge in [0.15, 0.2) is 5.78 Å². The molecule has 0 radical (unpaired) electrons. The summed E-state index contributed by atoms with van der Waals surface area (Å²) in [6, 6.07) is -0.275. The number of amides is 1. The fourth-order valence-corrected chi connectivity index (χ4v) is 5.14. The van der Waals surface area contributed by atoms with Gasteiger partial charge in [-0.15, -0.1) is 0 Å². The topological polar surface area (TPSA) is 46.2 Å². The van der Waals surface area contributed by atoms with Crippen molar-refractivity contribution >= 4 is 11.7 Å². The van der Waals surface area contributed by atoms with Gasteiger partial charge < -0.3 is 5.32 Å². The van der Waals surface area contributed by atoms with E-state index >= 15 is 0 Å². The van der Waals surface area contributed by atoms with Gasteiger partial charge in [0.25, 0.3) is 0 Å². The van der Waals surface area contributed by atoms with E-state index in [1.807, 2.05) is 0 Å². The maximum Gasteiger partial charge on any atom is 0.220 e. The van der Waals surface area contributed by atoms with E-state index in [1.54, 1.807) is 6.92 Å². The Labute approximate surface area is 226 Å². The van der Waals surface area contributed by atoms with Crippen molar-refractivity contribution in [2.45, 2.75) is 200 Å². The molecule has 36 heavy (non-hydrogen) atoms. The summed E-state index contributed by atoms with van der Waals surface area (Å²) in [6.07, 6.45) is 34.3. The number of hydrogen-bond acceptors (Lipinski definition) is 2. The summed E-state index contributed by atoms with van der Waals surface area (Å²) in [4.78, 5) is 24.3. The number of unbranched alkanes of at least 4 members (excludes halogenated alkanes) is 23. The zero-order valence-electron chi connectivity index (χ0n) is 25.0. The highest BCUT2D eigenvalue weighted by molar-refractivity contribution is 5.87. The summed E-state index contributed by atoms with van der Waals surface area (Å²) in [5, 5.41) is 3.01. The van der Waals surface area contributed by atoms with Gasteiger partial charge in [-0.3, -0.25) is 9.59 Å². The lowest BCUT2D eigenvalue weighted by molar-refractivity contribution is -0.127. The maximum absolute atomic E-state index is 12.3. The molecule has 0 saturated carbocycles. The van der Waals surface area contributed by atoms with E-state index in [-0.39, 0.29) is 17.7 Å². The van der Waals surface area contributed by atoms with Crippen molar-refractivity contribution in [1.29, 1.82) is 0 Å². The molecule has 0 aliphatic rings. The average molecular weight is 508 g/mol. The van der Waals surface area contributed by atoms with E-state index in [0.29, 0.717) is 6.42 Å². The van der Waals surface area contributed by atoms with Crippen LogP contribution in [0.25, 0.3) is 0 Å². The van der Waals surface area contributed by atoms with Gasteiger partial charge in [0.1, 0.15) is 0 Å². The zero-order chi connectivity index (χ0) is 26.5. The smallest absolute Gasteiger partial charge is 0.220 e. The van der Waals surface area contributed by atoms with E-state index < -0.39 is 0 Å². The predicted octanol–water partition coefficient (Wildman–Crippen LogP) is 10.6. The van der Waals surface area contributed by atoms with Crippen molar-refractivity contribution in [3.05, 3.63) is 0 Å². The molecular weight excluding hydrogens is 442 g/mol. The standard InChI is InChI=1S/C33H65NO2/c1-4-6-8-10-12-14-16-17-18-20-21-23-25-27-29-32(31(3)35)34-33(36)30-28-26-24-22-19-15-13-11-9-7-5-2/h32H,4-30H2,1-3H3,(H,34,36). The lowest BCUT2D eigenvalue weighted by Gasteiger charge is -2.16. The molecule has 3 heteroatoms. The molecule has 1 unspecified atom stereocenters. The third-order valence-corrected chi connectivity index (χ3v) is 7.68. The Bertz CT molecular complexity index is 476. The van der Waals surface area contributed by atoms with Crippen LogP contribution in [0.5, 0.6) is 0 Å². The van der Waals surface area contributed by atoms with E-state index in [9.17, 15) is 9.59 Å². The van der Waals surface area contributed by atoms with Crippen molar-refractivity contribution in [2.24, 2.45) is 0 Å². The van der Waals surface area contributed by atoms with Crippen LogP contribution in [-0.2, 0) is 9.59 Å².